The molecule has 2 unspecified atom stereocenters. The molecule has 1 aliphatic rings. The Balaban J connectivity index is 1.60. The van der Waals surface area contributed by atoms with Crippen LogP contribution in [0.4, 0.5) is 4.39 Å². The van der Waals surface area contributed by atoms with E-state index in [-0.39, 0.29) is 23.9 Å². The molecule has 208 valence electrons. The molecule has 40 heavy (non-hydrogen) atoms. The molecule has 0 aliphatic heterocycles. The highest BCUT2D eigenvalue weighted by Gasteiger charge is 2.32. The monoisotopic (exact) mass is 628 g/mol. The Kier molecular flexibility index (Phi) is 7.92. The van der Waals surface area contributed by atoms with Crippen LogP contribution in [0.25, 0.3) is 22.3 Å². The summed E-state index contributed by atoms with van der Waals surface area (Å²) in [5, 5.41) is 12.8. The van der Waals surface area contributed by atoms with Crippen molar-refractivity contribution in [2.75, 3.05) is 7.05 Å². The van der Waals surface area contributed by atoms with Gasteiger partial charge >= 0.3 is 5.97 Å². The molecule has 1 fully saturated rings. The molecule has 1 amide bonds. The highest BCUT2D eigenvalue weighted by molar-refractivity contribution is 9.10. The molecule has 3 N–H and O–H groups in total. The molecular formula is C29H26BrFN2O6S. The number of furan rings is 1. The van der Waals surface area contributed by atoms with Crippen LogP contribution in [0.1, 0.15) is 69.1 Å². The Hall–Kier alpha value is -3.38. The number of halogens is 2. The summed E-state index contributed by atoms with van der Waals surface area (Å²) in [7, 11) is 1.53. The van der Waals surface area contributed by atoms with Crippen molar-refractivity contribution in [3.05, 3.63) is 92.7 Å². The fourth-order valence-corrected chi connectivity index (χ4v) is 5.95. The zero-order valence-corrected chi connectivity index (χ0v) is 24.0. The standard InChI is InChI=1S/C29H26BrFN2O6S/c1-15(18-7-10-24(30)22(11-18)29(35)36)33(40(37)38)14-19-12-25-23(13-21(19)16-3-4-16)26(28(34)32-2)27(39-25)17-5-8-20(31)9-6-17/h5-13,15-16H,3-4,14H2,1-2H3,(H,32,34)(H,35,36)(H,37,38). The molecule has 3 aromatic carbocycles. The molecule has 4 aromatic rings. The second kappa shape index (κ2) is 11.2. The lowest BCUT2D eigenvalue weighted by molar-refractivity contribution is 0.0695. The lowest BCUT2D eigenvalue weighted by Crippen LogP contribution is -2.29. The number of aromatic carboxylic acids is 1. The summed E-state index contributed by atoms with van der Waals surface area (Å²) < 4.78 is 44.4. The van der Waals surface area contributed by atoms with Gasteiger partial charge in [0.25, 0.3) is 5.91 Å². The van der Waals surface area contributed by atoms with E-state index in [4.69, 9.17) is 4.42 Å². The number of rotatable bonds is 9. The van der Waals surface area contributed by atoms with E-state index < -0.39 is 29.1 Å². The van der Waals surface area contributed by atoms with Crippen molar-refractivity contribution in [2.45, 2.75) is 38.3 Å². The van der Waals surface area contributed by atoms with Crippen LogP contribution in [-0.4, -0.2) is 37.1 Å². The molecule has 1 aliphatic carbocycles. The van der Waals surface area contributed by atoms with Crippen molar-refractivity contribution >= 4 is 50.0 Å². The van der Waals surface area contributed by atoms with Crippen molar-refractivity contribution in [1.29, 1.82) is 0 Å². The van der Waals surface area contributed by atoms with E-state index in [1.54, 1.807) is 37.3 Å². The van der Waals surface area contributed by atoms with Crippen LogP contribution >= 0.6 is 15.9 Å². The zero-order valence-electron chi connectivity index (χ0n) is 21.6. The molecule has 2 atom stereocenters. The minimum absolute atomic E-state index is 0.0544. The number of carbonyl (C=O) groups excluding carboxylic acids is 1. The second-order valence-electron chi connectivity index (χ2n) is 9.74. The van der Waals surface area contributed by atoms with Gasteiger partial charge in [0.1, 0.15) is 17.2 Å². The maximum Gasteiger partial charge on any atom is 0.336 e. The number of carboxylic acid groups (broad SMARTS) is 1. The van der Waals surface area contributed by atoms with Crippen LogP contribution in [0.2, 0.25) is 0 Å². The minimum atomic E-state index is -2.39. The summed E-state index contributed by atoms with van der Waals surface area (Å²) in [5.74, 6) is -1.33. The average molecular weight is 630 g/mol. The third-order valence-corrected chi connectivity index (χ3v) is 8.73. The normalized spacial score (nSPS) is 14.8. The number of amides is 1. The molecule has 1 saturated carbocycles. The quantitative estimate of drug-likeness (QED) is 0.179. The predicted octanol–water partition coefficient (Wildman–Crippen LogP) is 6.64. The van der Waals surface area contributed by atoms with Gasteiger partial charge in [0.05, 0.1) is 11.1 Å². The summed E-state index contributed by atoms with van der Waals surface area (Å²) in [5.41, 5.74) is 3.64. The third-order valence-electron chi connectivity index (χ3n) is 7.19. The summed E-state index contributed by atoms with van der Waals surface area (Å²) in [6, 6.07) is 13.6. The van der Waals surface area contributed by atoms with Gasteiger partial charge < -0.3 is 14.8 Å². The number of benzene rings is 3. The van der Waals surface area contributed by atoms with Crippen molar-refractivity contribution in [2.24, 2.45) is 0 Å². The molecule has 8 nitrogen and oxygen atoms in total. The number of nitrogens with zero attached hydrogens (tertiary/aromatic N) is 1. The van der Waals surface area contributed by atoms with Gasteiger partial charge in [0.2, 0.25) is 11.3 Å². The van der Waals surface area contributed by atoms with Crippen LogP contribution in [0.15, 0.2) is 63.5 Å². The minimum Gasteiger partial charge on any atom is -0.478 e. The van der Waals surface area contributed by atoms with Crippen LogP contribution in [-0.2, 0) is 17.8 Å². The van der Waals surface area contributed by atoms with Gasteiger partial charge in [-0.05, 0) is 107 Å². The Morgan fingerprint density at radius 2 is 1.88 bits per heavy atom. The number of hydrogen-bond acceptors (Lipinski definition) is 4. The van der Waals surface area contributed by atoms with Crippen LogP contribution in [0.5, 0.6) is 0 Å². The molecule has 0 saturated heterocycles. The fourth-order valence-electron chi connectivity index (χ4n) is 4.90. The smallest absolute Gasteiger partial charge is 0.336 e. The summed E-state index contributed by atoms with van der Waals surface area (Å²) in [6.45, 7) is 1.81. The number of carbonyl (C=O) groups is 2. The van der Waals surface area contributed by atoms with Crippen molar-refractivity contribution in [1.82, 2.24) is 9.62 Å². The van der Waals surface area contributed by atoms with Gasteiger partial charge in [0.15, 0.2) is 0 Å². The molecule has 0 bridgehead atoms. The Morgan fingerprint density at radius 3 is 2.48 bits per heavy atom. The number of hydrogen-bond donors (Lipinski definition) is 3. The van der Waals surface area contributed by atoms with Gasteiger partial charge in [-0.2, -0.15) is 4.31 Å². The summed E-state index contributed by atoms with van der Waals surface area (Å²) in [6.07, 6.45) is 1.89. The predicted molar refractivity (Wildman–Crippen MR) is 153 cm³/mol. The molecular weight excluding hydrogens is 603 g/mol. The molecule has 1 heterocycles. The van der Waals surface area contributed by atoms with Gasteiger partial charge in [0, 0.05) is 35.1 Å². The largest absolute Gasteiger partial charge is 0.478 e. The van der Waals surface area contributed by atoms with Gasteiger partial charge in [-0.1, -0.05) is 6.07 Å². The Labute approximate surface area is 240 Å². The molecule has 1 aromatic heterocycles. The van der Waals surface area contributed by atoms with E-state index in [0.29, 0.717) is 37.9 Å². The lowest BCUT2D eigenvalue weighted by Gasteiger charge is -2.26. The van der Waals surface area contributed by atoms with E-state index in [2.05, 4.69) is 21.2 Å². The topological polar surface area (TPSA) is 120 Å². The number of carboxylic acids is 1. The van der Waals surface area contributed by atoms with E-state index in [9.17, 15) is 27.8 Å². The SMILES string of the molecule is CNC(=O)c1c(-c2ccc(F)cc2)oc2cc(CN(C(C)c3ccc(Br)c(C(=O)O)c3)S(=O)O)c(C3CC3)cc12. The maximum atomic E-state index is 13.6. The van der Waals surface area contributed by atoms with Crippen molar-refractivity contribution < 1.29 is 32.3 Å². The first-order valence-electron chi connectivity index (χ1n) is 12.6. The van der Waals surface area contributed by atoms with Gasteiger partial charge in [-0.3, -0.25) is 9.35 Å². The first kappa shape index (κ1) is 28.2. The first-order valence-corrected chi connectivity index (χ1v) is 14.4. The van der Waals surface area contributed by atoms with E-state index >= 15 is 0 Å². The molecule has 0 radical (unpaired) electrons. The average Bonchev–Trinajstić information content (AvgIpc) is 3.71. The van der Waals surface area contributed by atoms with Gasteiger partial charge in [-0.15, -0.1) is 0 Å². The highest BCUT2D eigenvalue weighted by Crippen LogP contribution is 2.45. The van der Waals surface area contributed by atoms with E-state index in [1.807, 2.05) is 6.07 Å². The number of fused-ring (bicyclic) bond motifs is 1. The van der Waals surface area contributed by atoms with Crippen molar-refractivity contribution in [3.63, 3.8) is 0 Å². The second-order valence-corrected chi connectivity index (χ2v) is 11.5. The Bertz CT molecular complexity index is 1650. The molecule has 5 rings (SSSR count). The third kappa shape index (κ3) is 5.46. The highest BCUT2D eigenvalue weighted by atomic mass is 79.9. The number of nitrogens with one attached hydrogen (secondary N) is 1. The first-order chi connectivity index (χ1) is 19.1. The summed E-state index contributed by atoms with van der Waals surface area (Å²) >= 11 is 0.850. The van der Waals surface area contributed by atoms with Crippen molar-refractivity contribution in [3.8, 4) is 11.3 Å². The zero-order chi connectivity index (χ0) is 28.7. The van der Waals surface area contributed by atoms with Gasteiger partial charge in [-0.25, -0.2) is 13.4 Å². The van der Waals surface area contributed by atoms with E-state index in [1.165, 1.54) is 29.6 Å². The van der Waals surface area contributed by atoms with Crippen LogP contribution in [0.3, 0.4) is 0 Å². The van der Waals surface area contributed by atoms with Crippen LogP contribution in [0, 0.1) is 5.82 Å². The Morgan fingerprint density at radius 1 is 1.18 bits per heavy atom. The summed E-state index contributed by atoms with van der Waals surface area (Å²) in [4.78, 5) is 24.6. The molecule has 11 heteroatoms. The maximum absolute atomic E-state index is 13.6. The van der Waals surface area contributed by atoms with Crippen LogP contribution < -0.4 is 5.32 Å². The fraction of sp³-hybridized carbons (Fsp3) is 0.241. The lowest BCUT2D eigenvalue weighted by atomic mass is 9.97. The van der Waals surface area contributed by atoms with E-state index in [0.717, 1.165) is 24.0 Å². The molecule has 0 spiro atoms.